The second-order valence-corrected chi connectivity index (χ2v) is 19.3. The van der Waals surface area contributed by atoms with E-state index >= 15 is 0 Å². The predicted octanol–water partition coefficient (Wildman–Crippen LogP) is 4.51. The van der Waals surface area contributed by atoms with Crippen molar-refractivity contribution in [2.75, 3.05) is 58.4 Å². The van der Waals surface area contributed by atoms with Crippen LogP contribution in [0.4, 0.5) is 4.79 Å². The van der Waals surface area contributed by atoms with Crippen LogP contribution in [0.25, 0.3) is 22.3 Å². The van der Waals surface area contributed by atoms with Crippen molar-refractivity contribution in [3.8, 4) is 23.1 Å². The molecule has 1 aliphatic rings. The zero-order chi connectivity index (χ0) is 43.2. The van der Waals surface area contributed by atoms with E-state index in [0.29, 0.717) is 67.6 Å². The smallest absolute Gasteiger partial charge is 0.420 e. The Labute approximate surface area is 348 Å². The Morgan fingerprint density at radius 2 is 1.66 bits per heavy atom. The highest BCUT2D eigenvalue weighted by Crippen LogP contribution is 2.47. The molecule has 0 radical (unpaired) electrons. The van der Waals surface area contributed by atoms with Gasteiger partial charge >= 0.3 is 6.09 Å². The van der Waals surface area contributed by atoms with Gasteiger partial charge in [-0.25, -0.2) is 27.7 Å². The highest BCUT2D eigenvalue weighted by molar-refractivity contribution is 7.89. The fourth-order valence-corrected chi connectivity index (χ4v) is 7.94. The quantitative estimate of drug-likeness (QED) is 0.0970. The van der Waals surface area contributed by atoms with E-state index < -0.39 is 27.3 Å². The highest BCUT2D eigenvalue weighted by atomic mass is 32.2. The van der Waals surface area contributed by atoms with Crippen molar-refractivity contribution in [1.82, 2.24) is 33.9 Å². The van der Waals surface area contributed by atoms with Crippen molar-refractivity contribution in [2.24, 2.45) is 11.3 Å². The topological polar surface area (TPSA) is 193 Å². The Hall–Kier alpha value is -4.83. The Balaban J connectivity index is 1.07. The minimum Gasteiger partial charge on any atom is -0.491 e. The number of benzene rings is 1. The first-order valence-electron chi connectivity index (χ1n) is 19.9. The number of carbonyl (C=O) groups is 2. The van der Waals surface area contributed by atoms with Crippen LogP contribution < -0.4 is 10.1 Å². The van der Waals surface area contributed by atoms with Crippen LogP contribution in [0.2, 0.25) is 5.31 Å². The molecule has 18 heteroatoms. The van der Waals surface area contributed by atoms with E-state index in [4.69, 9.17) is 18.9 Å². The number of amides is 1. The second kappa shape index (κ2) is 18.2. The molecule has 1 atom stereocenters. The molecule has 3 aromatic heterocycles. The Bertz CT molecular complexity index is 2240. The van der Waals surface area contributed by atoms with Crippen LogP contribution >= 0.6 is 0 Å². The van der Waals surface area contributed by atoms with Gasteiger partial charge in [0.05, 0.1) is 56.6 Å². The summed E-state index contributed by atoms with van der Waals surface area (Å²) in [6, 6.07) is 11.2. The third-order valence-corrected chi connectivity index (χ3v) is 13.6. The van der Waals surface area contributed by atoms with E-state index in [1.54, 1.807) is 62.2 Å². The minimum atomic E-state index is -3.39. The number of rotatable bonds is 20. The van der Waals surface area contributed by atoms with Crippen molar-refractivity contribution in [2.45, 2.75) is 78.3 Å². The number of ether oxygens (including phenoxy) is 4. The molecule has 0 spiro atoms. The maximum atomic E-state index is 13.5. The first kappa shape index (κ1) is 45.3. The molecule has 4 aromatic rings. The molecule has 59 heavy (non-hydrogen) atoms. The number of hydrogen-bond acceptors (Lipinski definition) is 12. The second-order valence-electron chi connectivity index (χ2n) is 17.0. The van der Waals surface area contributed by atoms with E-state index in [2.05, 4.69) is 62.0 Å². The highest BCUT2D eigenvalue weighted by Gasteiger charge is 2.50. The summed E-state index contributed by atoms with van der Waals surface area (Å²) in [5, 5.41) is 17.6. The summed E-state index contributed by atoms with van der Waals surface area (Å²) in [6.07, 6.45) is 5.73. The summed E-state index contributed by atoms with van der Waals surface area (Å²) < 4.78 is 52.2. The number of aromatic nitrogens is 5. The van der Waals surface area contributed by atoms with Gasteiger partial charge in [0.2, 0.25) is 15.9 Å². The van der Waals surface area contributed by atoms with Gasteiger partial charge in [-0.3, -0.25) is 9.48 Å². The minimum absolute atomic E-state index is 0.00161. The van der Waals surface area contributed by atoms with Crippen LogP contribution in [-0.2, 0) is 40.2 Å². The summed E-state index contributed by atoms with van der Waals surface area (Å²) in [5.41, 5.74) is 0.291. The van der Waals surface area contributed by atoms with Gasteiger partial charge in [0.25, 0.3) is 0 Å². The van der Waals surface area contributed by atoms with Gasteiger partial charge in [0.15, 0.2) is 5.65 Å². The summed E-state index contributed by atoms with van der Waals surface area (Å²) in [7, 11) is -1.24. The molecule has 0 saturated carbocycles. The maximum Gasteiger partial charge on any atom is 0.420 e. The molecule has 0 bridgehead atoms. The van der Waals surface area contributed by atoms with Gasteiger partial charge in [-0.1, -0.05) is 52.1 Å². The third kappa shape index (κ3) is 10.1. The molecule has 1 aliphatic heterocycles. The van der Waals surface area contributed by atoms with Crippen LogP contribution in [0.5, 0.6) is 5.75 Å². The Morgan fingerprint density at radius 3 is 2.31 bits per heavy atom. The van der Waals surface area contributed by atoms with Crippen molar-refractivity contribution >= 4 is 40.9 Å². The molecular weight excluding hydrogens is 775 g/mol. The lowest BCUT2D eigenvalue weighted by atomic mass is 9.52. The lowest BCUT2D eigenvalue weighted by molar-refractivity contribution is -0.129. The van der Waals surface area contributed by atoms with E-state index in [0.717, 1.165) is 5.56 Å². The van der Waals surface area contributed by atoms with E-state index in [-0.39, 0.29) is 47.8 Å². The van der Waals surface area contributed by atoms with Crippen molar-refractivity contribution in [3.63, 3.8) is 0 Å². The number of nitriles is 1. The molecule has 4 heterocycles. The Kier molecular flexibility index (Phi) is 14.0. The standard InChI is InChI=1S/C41H57BN8O8S/c1-9-59(53,54)48-26-41(27-48,15-16-43)50-25-30(24-47-50)34-33-14-18-49(35(33)46-28-45-34)37(52)58-39(5,6)31-10-12-32(13-11-31)57-23-22-56-21-20-55-19-17-44-36(51)29(2)38(3,4)40(7,8)42/h10-14,18,24-25,28-29H,9,15,17,19-23,26-27,42H2,1-8H3,(H,44,51). The average molecular weight is 833 g/mol. The SMILES string of the molecule is BC(C)(C)C(C)(C)C(C)C(=O)NCCOCCOCCOc1ccc(C(C)(C)OC(=O)n2ccc3c(-c4cnn(C5(CC#N)CN(S(=O)(=O)CC)C5)c4)ncnc32)cc1. The van der Waals surface area contributed by atoms with Crippen LogP contribution in [-0.4, -0.2) is 115 Å². The van der Waals surface area contributed by atoms with Gasteiger partial charge in [0.1, 0.15) is 37.7 Å². The summed E-state index contributed by atoms with van der Waals surface area (Å²) in [5.74, 6) is 0.517. The third-order valence-electron chi connectivity index (χ3n) is 11.8. The van der Waals surface area contributed by atoms with Crippen molar-refractivity contribution in [3.05, 3.63) is 60.8 Å². The van der Waals surface area contributed by atoms with Crippen LogP contribution in [0.3, 0.4) is 0 Å². The summed E-state index contributed by atoms with van der Waals surface area (Å²) >= 11 is 0. The molecular formula is C41H57BN8O8S. The average Bonchev–Trinajstić information content (AvgIpc) is 3.84. The first-order chi connectivity index (χ1) is 27.8. The molecule has 318 valence electrons. The summed E-state index contributed by atoms with van der Waals surface area (Å²) in [6.45, 7) is 18.4. The number of nitrogens with zero attached hydrogens (tertiary/aromatic N) is 7. The van der Waals surface area contributed by atoms with Gasteiger partial charge in [-0.15, -0.1) is 0 Å². The molecule has 1 N–H and O–H groups in total. The fourth-order valence-electron chi connectivity index (χ4n) is 6.70. The lowest BCUT2D eigenvalue weighted by Crippen LogP contribution is -2.64. The van der Waals surface area contributed by atoms with Gasteiger partial charge < -0.3 is 24.3 Å². The monoisotopic (exact) mass is 832 g/mol. The van der Waals surface area contributed by atoms with Gasteiger partial charge in [0, 0.05) is 48.9 Å². The van der Waals surface area contributed by atoms with Crippen LogP contribution in [0.1, 0.15) is 67.4 Å². The maximum absolute atomic E-state index is 13.5. The predicted molar refractivity (Wildman–Crippen MR) is 225 cm³/mol. The molecule has 1 aromatic carbocycles. The number of hydrogen-bond donors (Lipinski definition) is 1. The summed E-state index contributed by atoms with van der Waals surface area (Å²) in [4.78, 5) is 35.0. The van der Waals surface area contributed by atoms with Crippen molar-refractivity contribution in [1.29, 1.82) is 5.26 Å². The largest absolute Gasteiger partial charge is 0.491 e. The van der Waals surface area contributed by atoms with Crippen LogP contribution in [0.15, 0.2) is 55.2 Å². The molecule has 1 fully saturated rings. The molecule has 1 saturated heterocycles. The molecule has 16 nitrogen and oxygen atoms in total. The first-order valence-corrected chi connectivity index (χ1v) is 21.5. The number of carbonyl (C=O) groups excluding carboxylic acids is 2. The van der Waals surface area contributed by atoms with E-state index in [9.17, 15) is 23.3 Å². The number of fused-ring (bicyclic) bond motifs is 1. The Morgan fingerprint density at radius 1 is 1.00 bits per heavy atom. The van der Waals surface area contributed by atoms with Gasteiger partial charge in [-0.05, 0) is 49.9 Å². The zero-order valence-corrected chi connectivity index (χ0v) is 36.5. The van der Waals surface area contributed by atoms with E-state index in [1.165, 1.54) is 15.2 Å². The number of nitrogens with one attached hydrogen (secondary N) is 1. The molecule has 1 amide bonds. The lowest BCUT2D eigenvalue weighted by Gasteiger charge is -2.47. The molecule has 1 unspecified atom stereocenters. The van der Waals surface area contributed by atoms with E-state index in [1.807, 2.05) is 19.1 Å². The zero-order valence-electron chi connectivity index (χ0n) is 35.6. The molecule has 5 rings (SSSR count). The fraction of sp³-hybridized carbons (Fsp3) is 0.561. The molecule has 0 aliphatic carbocycles. The normalized spacial score (nSPS) is 15.3. The number of sulfonamides is 1. The van der Waals surface area contributed by atoms with Crippen LogP contribution in [0, 0.1) is 22.7 Å². The van der Waals surface area contributed by atoms with Gasteiger partial charge in [-0.2, -0.15) is 14.7 Å². The van der Waals surface area contributed by atoms with Crippen molar-refractivity contribution < 1.29 is 37.0 Å².